The Kier molecular flexibility index (Phi) is 3.73. The lowest BCUT2D eigenvalue weighted by atomic mass is 10.1. The number of thiazole rings is 1. The number of aryl methyl sites for hydroxylation is 1. The number of fused-ring (bicyclic) bond motifs is 1. The van der Waals surface area contributed by atoms with E-state index in [2.05, 4.69) is 22.9 Å². The molecule has 3 rings (SSSR count). The maximum Gasteiger partial charge on any atom is 0.180 e. The first kappa shape index (κ1) is 14.2. The van der Waals surface area contributed by atoms with E-state index in [-0.39, 0.29) is 6.10 Å². The molecule has 0 bridgehead atoms. The third-order valence-corrected chi connectivity index (χ3v) is 4.28. The van der Waals surface area contributed by atoms with Gasteiger partial charge in [-0.05, 0) is 32.0 Å². The minimum atomic E-state index is 0.148. The second kappa shape index (κ2) is 5.54. The molecular weight excluding hydrogens is 286 g/mol. The number of hydrogen-bond acceptors (Lipinski definition) is 6. The number of ether oxygens (including phenoxy) is 2. The fraction of sp³-hybridized carbons (Fsp3) is 0.400. The molecule has 2 heterocycles. The van der Waals surface area contributed by atoms with Crippen molar-refractivity contribution in [1.82, 2.24) is 4.98 Å². The first-order valence-electron chi connectivity index (χ1n) is 6.86. The molecule has 0 saturated carbocycles. The molecule has 0 saturated heterocycles. The van der Waals surface area contributed by atoms with Crippen molar-refractivity contribution < 1.29 is 9.47 Å². The van der Waals surface area contributed by atoms with Crippen molar-refractivity contribution >= 4 is 22.2 Å². The van der Waals surface area contributed by atoms with E-state index < -0.39 is 0 Å². The van der Waals surface area contributed by atoms with E-state index >= 15 is 0 Å². The summed E-state index contributed by atoms with van der Waals surface area (Å²) in [4.78, 5) is 7.72. The number of hydrogen-bond donors (Lipinski definition) is 1. The molecule has 0 amide bonds. The molecule has 1 unspecified atom stereocenters. The number of nitrogens with zero attached hydrogens (tertiary/aromatic N) is 2. The molecule has 1 atom stereocenters. The van der Waals surface area contributed by atoms with Crippen LogP contribution < -0.4 is 15.4 Å². The van der Waals surface area contributed by atoms with Gasteiger partial charge in [-0.1, -0.05) is 0 Å². The summed E-state index contributed by atoms with van der Waals surface area (Å²) in [6, 6.07) is 6.13. The molecule has 6 heteroatoms. The van der Waals surface area contributed by atoms with Crippen molar-refractivity contribution in [2.45, 2.75) is 20.0 Å². The molecule has 5 nitrogen and oxygen atoms in total. The predicted octanol–water partition coefficient (Wildman–Crippen LogP) is 2.89. The van der Waals surface area contributed by atoms with Gasteiger partial charge in [0.05, 0.1) is 17.9 Å². The number of nitrogens with two attached hydrogens (primary N) is 1. The first-order valence-corrected chi connectivity index (χ1v) is 7.68. The van der Waals surface area contributed by atoms with Crippen LogP contribution in [0.3, 0.4) is 0 Å². The second-order valence-corrected chi connectivity index (χ2v) is 6.44. The molecule has 1 aromatic heterocycles. The van der Waals surface area contributed by atoms with Gasteiger partial charge in [0.2, 0.25) is 0 Å². The molecular formula is C15H19N3O2S. The molecule has 2 aromatic rings. The fourth-order valence-electron chi connectivity index (χ4n) is 2.64. The molecule has 112 valence electrons. The van der Waals surface area contributed by atoms with Gasteiger partial charge >= 0.3 is 0 Å². The zero-order chi connectivity index (χ0) is 15.0. The van der Waals surface area contributed by atoms with Gasteiger partial charge < -0.3 is 20.1 Å². The molecule has 2 N–H and O–H groups in total. The maximum atomic E-state index is 5.89. The Hall–Kier alpha value is -1.79. The summed E-state index contributed by atoms with van der Waals surface area (Å²) in [7, 11) is 1.70. The molecule has 0 radical (unpaired) electrons. The van der Waals surface area contributed by atoms with E-state index in [0.29, 0.717) is 11.9 Å². The Morgan fingerprint density at radius 2 is 2.33 bits per heavy atom. The van der Waals surface area contributed by atoms with E-state index in [9.17, 15) is 0 Å². The SMILES string of the molecule is COCN1CC(C)Oc2ccc(-c3nc(N)sc3C)cc21. The third kappa shape index (κ3) is 2.69. The molecule has 0 aliphatic carbocycles. The lowest BCUT2D eigenvalue weighted by molar-refractivity contribution is 0.160. The Balaban J connectivity index is 2.03. The Bertz CT molecular complexity index is 656. The Morgan fingerprint density at radius 3 is 3.00 bits per heavy atom. The van der Waals surface area contributed by atoms with Crippen molar-refractivity contribution in [1.29, 1.82) is 0 Å². The number of nitrogen functional groups attached to an aromatic ring is 1. The summed E-state index contributed by atoms with van der Waals surface area (Å²) in [6.07, 6.45) is 0.148. The van der Waals surface area contributed by atoms with Crippen LogP contribution in [-0.2, 0) is 4.74 Å². The van der Waals surface area contributed by atoms with Crippen LogP contribution in [-0.4, -0.2) is 31.5 Å². The summed E-state index contributed by atoms with van der Waals surface area (Å²) < 4.78 is 11.2. The average molecular weight is 305 g/mol. The number of anilines is 2. The van der Waals surface area contributed by atoms with Crippen LogP contribution in [0, 0.1) is 6.92 Å². The van der Waals surface area contributed by atoms with Crippen molar-refractivity contribution in [2.24, 2.45) is 0 Å². The third-order valence-electron chi connectivity index (χ3n) is 3.48. The van der Waals surface area contributed by atoms with E-state index in [0.717, 1.165) is 34.1 Å². The van der Waals surface area contributed by atoms with Crippen LogP contribution in [0.4, 0.5) is 10.8 Å². The van der Waals surface area contributed by atoms with Gasteiger partial charge in [0, 0.05) is 17.6 Å². The largest absolute Gasteiger partial charge is 0.487 e. The van der Waals surface area contributed by atoms with Gasteiger partial charge in [0.1, 0.15) is 18.6 Å². The Morgan fingerprint density at radius 1 is 1.52 bits per heavy atom. The van der Waals surface area contributed by atoms with Crippen LogP contribution in [0.5, 0.6) is 5.75 Å². The topological polar surface area (TPSA) is 60.6 Å². The number of aromatic nitrogens is 1. The van der Waals surface area contributed by atoms with Crippen molar-refractivity contribution in [3.8, 4) is 17.0 Å². The normalized spacial score (nSPS) is 17.5. The van der Waals surface area contributed by atoms with Crippen LogP contribution in [0.1, 0.15) is 11.8 Å². The lowest BCUT2D eigenvalue weighted by Crippen LogP contribution is -2.39. The van der Waals surface area contributed by atoms with Gasteiger partial charge in [-0.15, -0.1) is 11.3 Å². The minimum absolute atomic E-state index is 0.148. The smallest absolute Gasteiger partial charge is 0.180 e. The van der Waals surface area contributed by atoms with Gasteiger partial charge in [-0.3, -0.25) is 0 Å². The van der Waals surface area contributed by atoms with Gasteiger partial charge in [0.15, 0.2) is 5.13 Å². The lowest BCUT2D eigenvalue weighted by Gasteiger charge is -2.34. The number of rotatable bonds is 3. The molecule has 0 fully saturated rings. The molecule has 1 aliphatic rings. The standard InChI is InChI=1S/C15H19N3O2S/c1-9-7-18(8-19-3)12-6-11(4-5-13(12)20-9)14-10(2)21-15(16)17-14/h4-6,9H,7-8H2,1-3H3,(H2,16,17). The van der Waals surface area contributed by atoms with Gasteiger partial charge in [-0.25, -0.2) is 4.98 Å². The highest BCUT2D eigenvalue weighted by Gasteiger charge is 2.23. The molecule has 0 spiro atoms. The van der Waals surface area contributed by atoms with Crippen molar-refractivity contribution in [3.63, 3.8) is 0 Å². The van der Waals surface area contributed by atoms with Crippen molar-refractivity contribution in [2.75, 3.05) is 31.0 Å². The minimum Gasteiger partial charge on any atom is -0.487 e. The zero-order valence-corrected chi connectivity index (χ0v) is 13.2. The predicted molar refractivity (Wildman–Crippen MR) is 86.0 cm³/mol. The quantitative estimate of drug-likeness (QED) is 0.945. The van der Waals surface area contributed by atoms with E-state index in [4.69, 9.17) is 15.2 Å². The summed E-state index contributed by atoms with van der Waals surface area (Å²) in [6.45, 7) is 5.45. The average Bonchev–Trinajstić information content (AvgIpc) is 2.77. The highest BCUT2D eigenvalue weighted by Crippen LogP contribution is 2.38. The monoisotopic (exact) mass is 305 g/mol. The van der Waals surface area contributed by atoms with Crippen LogP contribution in [0.25, 0.3) is 11.3 Å². The summed E-state index contributed by atoms with van der Waals surface area (Å²) in [5.41, 5.74) is 8.84. The van der Waals surface area contributed by atoms with Gasteiger partial charge in [0.25, 0.3) is 0 Å². The summed E-state index contributed by atoms with van der Waals surface area (Å²) in [5, 5.41) is 0.596. The van der Waals surface area contributed by atoms with Crippen molar-refractivity contribution in [3.05, 3.63) is 23.1 Å². The van der Waals surface area contributed by atoms with Gasteiger partial charge in [-0.2, -0.15) is 0 Å². The van der Waals surface area contributed by atoms with Crippen LogP contribution in [0.2, 0.25) is 0 Å². The van der Waals surface area contributed by atoms with E-state index in [1.165, 1.54) is 11.3 Å². The maximum absolute atomic E-state index is 5.89. The molecule has 1 aliphatic heterocycles. The summed E-state index contributed by atoms with van der Waals surface area (Å²) in [5.74, 6) is 0.885. The zero-order valence-electron chi connectivity index (χ0n) is 12.4. The second-order valence-electron chi connectivity index (χ2n) is 5.21. The molecule has 21 heavy (non-hydrogen) atoms. The number of methoxy groups -OCH3 is 1. The van der Waals surface area contributed by atoms with E-state index in [1.54, 1.807) is 7.11 Å². The van der Waals surface area contributed by atoms with E-state index in [1.807, 2.05) is 19.1 Å². The first-order chi connectivity index (χ1) is 10.1. The fourth-order valence-corrected chi connectivity index (χ4v) is 3.35. The highest BCUT2D eigenvalue weighted by atomic mass is 32.1. The highest BCUT2D eigenvalue weighted by molar-refractivity contribution is 7.15. The van der Waals surface area contributed by atoms with Crippen LogP contribution in [0.15, 0.2) is 18.2 Å². The summed E-state index contributed by atoms with van der Waals surface area (Å²) >= 11 is 1.51. The Labute approximate surface area is 128 Å². The molecule has 1 aromatic carbocycles. The van der Waals surface area contributed by atoms with Crippen LogP contribution >= 0.6 is 11.3 Å². The number of benzene rings is 1.